The van der Waals surface area contributed by atoms with Crippen LogP contribution in [0.1, 0.15) is 6.92 Å². The van der Waals surface area contributed by atoms with Gasteiger partial charge in [-0.25, -0.2) is 4.90 Å². The van der Waals surface area contributed by atoms with Gasteiger partial charge in [0.1, 0.15) is 0 Å². The number of anilines is 1. The fraction of sp³-hybridized carbons (Fsp3) is 0.222. The molecule has 0 bridgehead atoms. The summed E-state index contributed by atoms with van der Waals surface area (Å²) in [6, 6.07) is 4.71. The average Bonchev–Trinajstić information content (AvgIpc) is 3.16. The van der Waals surface area contributed by atoms with Crippen molar-refractivity contribution < 1.29 is 9.59 Å². The molecule has 118 valence electrons. The van der Waals surface area contributed by atoms with Crippen molar-refractivity contribution in [1.29, 1.82) is 0 Å². The van der Waals surface area contributed by atoms with Crippen molar-refractivity contribution in [2.24, 2.45) is 17.8 Å². The Kier molecular flexibility index (Phi) is 4.17. The molecule has 0 spiro atoms. The Hall–Kier alpha value is -1.84. The first-order valence-corrected chi connectivity index (χ1v) is 8.03. The van der Waals surface area contributed by atoms with E-state index in [4.69, 9.17) is 23.2 Å². The maximum atomic E-state index is 12.6. The summed E-state index contributed by atoms with van der Waals surface area (Å²) in [4.78, 5) is 26.3. The molecule has 3 rings (SSSR count). The molecule has 0 aromatic heterocycles. The van der Waals surface area contributed by atoms with Crippen molar-refractivity contribution in [2.45, 2.75) is 6.92 Å². The summed E-state index contributed by atoms with van der Waals surface area (Å²) >= 11 is 11.9. The Bertz CT molecular complexity index is 724. The molecule has 2 fully saturated rings. The Morgan fingerprint density at radius 1 is 1.09 bits per heavy atom. The van der Waals surface area contributed by atoms with Crippen LogP contribution in [0.3, 0.4) is 0 Å². The molecule has 0 unspecified atom stereocenters. The Morgan fingerprint density at radius 3 is 2.17 bits per heavy atom. The van der Waals surface area contributed by atoms with Gasteiger partial charge in [0.05, 0.1) is 17.5 Å². The van der Waals surface area contributed by atoms with Crippen molar-refractivity contribution in [3.8, 4) is 0 Å². The minimum absolute atomic E-state index is 0.0950. The maximum Gasteiger partial charge on any atom is 0.238 e. The molecule has 0 N–H and O–H groups in total. The number of fused-ring (bicyclic) bond motifs is 1. The summed E-state index contributed by atoms with van der Waals surface area (Å²) in [5, 5.41) is 0.785. The van der Waals surface area contributed by atoms with E-state index in [1.165, 1.54) is 4.90 Å². The van der Waals surface area contributed by atoms with Gasteiger partial charge in [0.2, 0.25) is 11.8 Å². The molecule has 1 heterocycles. The quantitative estimate of drug-likeness (QED) is 0.597. The number of benzene rings is 1. The second-order valence-corrected chi connectivity index (χ2v) is 6.55. The van der Waals surface area contributed by atoms with Crippen LogP contribution in [-0.4, -0.2) is 11.8 Å². The van der Waals surface area contributed by atoms with Gasteiger partial charge in [0.15, 0.2) is 0 Å². The molecule has 1 aromatic carbocycles. The molecular formula is C18H15Cl2NO2. The largest absolute Gasteiger partial charge is 0.274 e. The summed E-state index contributed by atoms with van der Waals surface area (Å²) in [6.45, 7) is 5.90. The number of carbonyl (C=O) groups excluding carboxylic acids is 2. The van der Waals surface area contributed by atoms with E-state index < -0.39 is 0 Å². The third-order valence-corrected chi connectivity index (χ3v) is 4.61. The predicted molar refractivity (Wildman–Crippen MR) is 92.5 cm³/mol. The van der Waals surface area contributed by atoms with Gasteiger partial charge in [-0.3, -0.25) is 9.59 Å². The number of hydrogen-bond acceptors (Lipinski definition) is 2. The highest BCUT2D eigenvalue weighted by Gasteiger charge is 2.67. The summed E-state index contributed by atoms with van der Waals surface area (Å²) < 4.78 is 0. The number of nitrogens with zero attached hydrogens (tertiary/aromatic N) is 1. The van der Waals surface area contributed by atoms with Crippen LogP contribution < -0.4 is 4.90 Å². The van der Waals surface area contributed by atoms with Crippen LogP contribution in [0.5, 0.6) is 0 Å². The lowest BCUT2D eigenvalue weighted by Crippen LogP contribution is -2.34. The van der Waals surface area contributed by atoms with Crippen LogP contribution in [-0.2, 0) is 9.59 Å². The van der Waals surface area contributed by atoms with E-state index in [0.717, 1.165) is 5.57 Å². The number of carbonyl (C=O) groups is 2. The molecule has 23 heavy (non-hydrogen) atoms. The fourth-order valence-corrected chi connectivity index (χ4v) is 3.63. The standard InChI is InChI=1S/C18H15Cl2NO2/c1-3-4-5-6-10(2)14-15-16(14)18(23)21(17(15)22)13-8-11(19)7-12(20)9-13/h3-9,14-16H,2H2,1H3/b4-3-,6-5-/t14-,15+,16-. The fourth-order valence-electron chi connectivity index (χ4n) is 3.12. The lowest BCUT2D eigenvalue weighted by Gasteiger charge is -2.19. The van der Waals surface area contributed by atoms with E-state index in [1.54, 1.807) is 18.2 Å². The number of amides is 2. The molecule has 5 heteroatoms. The van der Waals surface area contributed by atoms with Crippen LogP contribution in [0.15, 0.2) is 54.7 Å². The summed E-state index contributed by atoms with van der Waals surface area (Å²) in [6.07, 6.45) is 7.50. The molecule has 1 aliphatic heterocycles. The minimum atomic E-state index is -0.317. The number of rotatable bonds is 4. The average molecular weight is 348 g/mol. The number of hydrogen-bond donors (Lipinski definition) is 0. The molecule has 1 saturated heterocycles. The van der Waals surface area contributed by atoms with Crippen molar-refractivity contribution in [3.05, 3.63) is 64.7 Å². The second kappa shape index (κ2) is 5.99. The van der Waals surface area contributed by atoms with Gasteiger partial charge in [-0.15, -0.1) is 0 Å². The van der Waals surface area contributed by atoms with Gasteiger partial charge in [0, 0.05) is 16.0 Å². The van der Waals surface area contributed by atoms with E-state index in [2.05, 4.69) is 6.58 Å². The van der Waals surface area contributed by atoms with Gasteiger partial charge in [0.25, 0.3) is 0 Å². The van der Waals surface area contributed by atoms with Crippen LogP contribution in [0.2, 0.25) is 10.0 Å². The summed E-state index contributed by atoms with van der Waals surface area (Å²) in [5.41, 5.74) is 1.24. The van der Waals surface area contributed by atoms with Crippen molar-refractivity contribution >= 4 is 40.7 Å². The highest BCUT2D eigenvalue weighted by molar-refractivity contribution is 6.36. The van der Waals surface area contributed by atoms with E-state index >= 15 is 0 Å². The topological polar surface area (TPSA) is 37.4 Å². The normalized spacial score (nSPS) is 26.4. The van der Waals surface area contributed by atoms with Gasteiger partial charge in [-0.2, -0.15) is 0 Å². The molecule has 1 aromatic rings. The second-order valence-electron chi connectivity index (χ2n) is 5.68. The highest BCUT2D eigenvalue weighted by atomic mass is 35.5. The van der Waals surface area contributed by atoms with Gasteiger partial charge < -0.3 is 0 Å². The van der Waals surface area contributed by atoms with Gasteiger partial charge in [-0.05, 0) is 25.1 Å². The zero-order valence-corrected chi connectivity index (χ0v) is 14.0. The molecule has 0 radical (unpaired) electrons. The zero-order valence-electron chi connectivity index (χ0n) is 12.5. The van der Waals surface area contributed by atoms with E-state index in [0.29, 0.717) is 15.7 Å². The van der Waals surface area contributed by atoms with Crippen molar-refractivity contribution in [3.63, 3.8) is 0 Å². The van der Waals surface area contributed by atoms with Crippen LogP contribution in [0, 0.1) is 17.8 Å². The first-order valence-electron chi connectivity index (χ1n) is 7.27. The van der Waals surface area contributed by atoms with Crippen LogP contribution >= 0.6 is 23.2 Å². The molecular weight excluding hydrogens is 333 g/mol. The maximum absolute atomic E-state index is 12.6. The third-order valence-electron chi connectivity index (χ3n) is 4.18. The summed E-state index contributed by atoms with van der Waals surface area (Å²) in [7, 11) is 0. The number of piperidine rings is 1. The lowest BCUT2D eigenvalue weighted by atomic mass is 10.1. The zero-order chi connectivity index (χ0) is 16.7. The molecule has 1 aliphatic carbocycles. The monoisotopic (exact) mass is 347 g/mol. The Balaban J connectivity index is 1.80. The van der Waals surface area contributed by atoms with E-state index in [1.807, 2.05) is 31.2 Å². The number of imide groups is 1. The van der Waals surface area contributed by atoms with Gasteiger partial charge in [-0.1, -0.05) is 59.7 Å². The highest BCUT2D eigenvalue weighted by Crippen LogP contribution is 2.57. The molecule has 3 atom stereocenters. The van der Waals surface area contributed by atoms with Crippen LogP contribution in [0.4, 0.5) is 5.69 Å². The van der Waals surface area contributed by atoms with E-state index in [-0.39, 0.29) is 29.6 Å². The first-order chi connectivity index (χ1) is 11.0. The number of halogens is 2. The molecule has 1 saturated carbocycles. The van der Waals surface area contributed by atoms with Crippen LogP contribution in [0.25, 0.3) is 0 Å². The first kappa shape index (κ1) is 16.0. The van der Waals surface area contributed by atoms with Gasteiger partial charge >= 0.3 is 0 Å². The lowest BCUT2D eigenvalue weighted by molar-refractivity contribution is -0.124. The molecule has 3 nitrogen and oxygen atoms in total. The SMILES string of the molecule is C=C(/C=C\C=C/C)[C@H]1[C@H]2C(=O)N(c3cc(Cl)cc(Cl)c3)C(=O)[C@@H]12. The predicted octanol–water partition coefficient (Wildman–Crippen LogP) is 4.42. The molecule has 2 amide bonds. The van der Waals surface area contributed by atoms with Crippen molar-refractivity contribution in [2.75, 3.05) is 4.90 Å². The Morgan fingerprint density at radius 2 is 1.65 bits per heavy atom. The Labute approximate surface area is 144 Å². The van der Waals surface area contributed by atoms with E-state index in [9.17, 15) is 9.59 Å². The smallest absolute Gasteiger partial charge is 0.238 e. The molecule has 2 aliphatic rings. The van der Waals surface area contributed by atoms with Crippen molar-refractivity contribution in [1.82, 2.24) is 0 Å². The minimum Gasteiger partial charge on any atom is -0.274 e. The third kappa shape index (κ3) is 2.75. The summed E-state index contributed by atoms with van der Waals surface area (Å²) in [5.74, 6) is -1.14. The number of allylic oxidation sites excluding steroid dienone is 5.